The van der Waals surface area contributed by atoms with Crippen LogP contribution in [0.25, 0.3) is 0 Å². The van der Waals surface area contributed by atoms with Crippen molar-refractivity contribution < 1.29 is 20.9 Å². The van der Waals surface area contributed by atoms with Crippen molar-refractivity contribution in [3.63, 3.8) is 0 Å². The fourth-order valence-corrected chi connectivity index (χ4v) is 95.5. The molecule has 10 aliphatic heterocycles. The van der Waals surface area contributed by atoms with Gasteiger partial charge in [-0.15, -0.1) is 0 Å². The van der Waals surface area contributed by atoms with E-state index in [1.807, 2.05) is 37.3 Å². The number of carbonyl (C=O) groups excluding carboxylic acids is 3. The minimum atomic E-state index is -3.84. The van der Waals surface area contributed by atoms with Gasteiger partial charge in [-0.1, -0.05) is 0 Å². The van der Waals surface area contributed by atoms with Gasteiger partial charge in [-0.25, -0.2) is 0 Å². The molecule has 0 aromatic heterocycles. The number of benzene rings is 1. The average Bonchev–Trinajstić information content (AvgIpc) is 3.65. The van der Waals surface area contributed by atoms with Crippen LogP contribution in [0.4, 0.5) is 0 Å². The summed E-state index contributed by atoms with van der Waals surface area (Å²) in [5, 5.41) is 0. The summed E-state index contributed by atoms with van der Waals surface area (Å²) in [5.74, 6) is 0.564. The number of carbonyl (C=O) groups is 3. The summed E-state index contributed by atoms with van der Waals surface area (Å²) in [7, 11) is 0. The number of ketones is 3. The summed E-state index contributed by atoms with van der Waals surface area (Å²) in [5.41, 5.74) is 1.39. The van der Waals surface area contributed by atoms with Crippen LogP contribution in [0.15, 0.2) is 54.1 Å². The van der Waals surface area contributed by atoms with Gasteiger partial charge in [0.05, 0.1) is 0 Å². The molecule has 10 saturated heterocycles. The van der Waals surface area contributed by atoms with Crippen molar-refractivity contribution in [3.05, 3.63) is 59.7 Å². The van der Waals surface area contributed by atoms with E-state index in [9.17, 15) is 14.4 Å². The molecule has 0 aliphatic carbocycles. The van der Waals surface area contributed by atoms with E-state index in [-0.39, 0.29) is 15.9 Å². The van der Waals surface area contributed by atoms with Crippen LogP contribution in [0.3, 0.4) is 0 Å². The average molecular weight is 426 g/mol. The van der Waals surface area contributed by atoms with Crippen molar-refractivity contribution in [1.82, 2.24) is 0 Å². The van der Waals surface area contributed by atoms with Crippen LogP contribution in [-0.4, -0.2) is 17.3 Å². The molecule has 0 radical (unpaired) electrons. The number of hydrogen-bond acceptors (Lipinski definition) is 3. The maximum absolute atomic E-state index is 13.0. The first-order valence-corrected chi connectivity index (χ1v) is 17.1. The first-order chi connectivity index (χ1) is 13.7. The van der Waals surface area contributed by atoms with Crippen molar-refractivity contribution in [3.8, 4) is 0 Å². The summed E-state index contributed by atoms with van der Waals surface area (Å²) < 4.78 is 0.525. The molecule has 0 bridgehead atoms. The van der Waals surface area contributed by atoms with Crippen LogP contribution in [0.5, 0.6) is 0 Å². The molecule has 1 aromatic carbocycles. The number of hydrogen-bond donors (Lipinski definition) is 0. The number of rotatable bonds is 6. The van der Waals surface area contributed by atoms with Crippen molar-refractivity contribution in [2.75, 3.05) is 0 Å². The summed E-state index contributed by atoms with van der Waals surface area (Å²) in [6.45, 7) is -0.301. The third-order valence-corrected chi connectivity index (χ3v) is 60.7. The zero-order chi connectivity index (χ0) is 19.5. The van der Waals surface area contributed by atoms with E-state index in [2.05, 4.69) is 6.08 Å². The molecular weight excluding hydrogens is 404 g/mol. The van der Waals surface area contributed by atoms with Gasteiger partial charge >= 0.3 is 159 Å². The fraction of sp³-hybridized carbons (Fsp3) is 0.480. The van der Waals surface area contributed by atoms with E-state index >= 15 is 0 Å². The molecule has 0 N–H and O–H groups in total. The Hall–Kier alpha value is -1.77. The van der Waals surface area contributed by atoms with Gasteiger partial charge in [0, 0.05) is 0 Å². The van der Waals surface area contributed by atoms with E-state index in [0.29, 0.717) is 15.7 Å². The van der Waals surface area contributed by atoms with Crippen LogP contribution >= 0.6 is 0 Å². The maximum atomic E-state index is 13.0. The topological polar surface area (TPSA) is 51.2 Å². The Morgan fingerprint density at radius 1 is 0.862 bits per heavy atom. The summed E-state index contributed by atoms with van der Waals surface area (Å²) >= 11 is 0. The van der Waals surface area contributed by atoms with E-state index in [1.54, 1.807) is 19.1 Å². The van der Waals surface area contributed by atoms with Crippen molar-refractivity contribution >= 4 is 17.3 Å². The fourth-order valence-electron chi connectivity index (χ4n) is 19.4. The van der Waals surface area contributed by atoms with Gasteiger partial charge in [-0.2, -0.15) is 0 Å². The van der Waals surface area contributed by atoms with Gasteiger partial charge in [0.25, 0.3) is 0 Å². The Balaban J connectivity index is 1.12. The molecule has 4 heteroatoms. The predicted molar refractivity (Wildman–Crippen MR) is 105 cm³/mol. The van der Waals surface area contributed by atoms with E-state index in [0.717, 1.165) is 44.1 Å². The first kappa shape index (κ1) is 13.5. The van der Waals surface area contributed by atoms with E-state index < -0.39 is 6.51 Å². The van der Waals surface area contributed by atoms with Gasteiger partial charge in [0.15, 0.2) is 0 Å². The molecule has 0 amide bonds. The molecule has 148 valence electrons. The summed E-state index contributed by atoms with van der Waals surface area (Å²) in [6.07, 6.45) is 5.75. The molecule has 8 atom stereocenters. The third-order valence-electron chi connectivity index (χ3n) is 17.7. The minimum absolute atomic E-state index is 0.0527. The van der Waals surface area contributed by atoms with Gasteiger partial charge in [0.2, 0.25) is 0 Å². The van der Waals surface area contributed by atoms with Crippen LogP contribution in [0.2, 0.25) is 47.2 Å². The Labute approximate surface area is 158 Å². The van der Waals surface area contributed by atoms with Gasteiger partial charge in [0.1, 0.15) is 0 Å². The van der Waals surface area contributed by atoms with Crippen LogP contribution < -0.4 is 0 Å². The number of Topliss-reactive ketones (excluding diaryl/α,β-unsaturated/α-hetero) is 2. The summed E-state index contributed by atoms with van der Waals surface area (Å²) in [6, 6.07) is 9.24. The van der Waals surface area contributed by atoms with Crippen LogP contribution in [0, 0.1) is 0 Å². The van der Waals surface area contributed by atoms with E-state index in [1.165, 1.54) is 0 Å². The molecule has 10 fully saturated rings. The standard InChI is InChI=1S/C18H15O2.C7H7O.Fe/c1-14(19)17(13-15-7-5-6-8-15)11-12-18(20)16-9-3-2-4-10-16;1-6(8)7-4-2-3-5-7;/h2-13H,1H3;2-5H,1H3;. The number of allylic oxidation sites excluding steroid dienone is 4. The molecule has 3 nitrogen and oxygen atoms in total. The van der Waals surface area contributed by atoms with Gasteiger partial charge < -0.3 is 0 Å². The molecule has 10 heterocycles. The normalized spacial score (nSPS) is 77.8. The van der Waals surface area contributed by atoms with Crippen LogP contribution in [0.1, 0.15) is 24.2 Å². The Morgan fingerprint density at radius 3 is 1.90 bits per heavy atom. The molecule has 0 saturated carbocycles. The van der Waals surface area contributed by atoms with Crippen molar-refractivity contribution in [2.24, 2.45) is 0 Å². The Morgan fingerprint density at radius 2 is 1.45 bits per heavy atom. The quantitative estimate of drug-likeness (QED) is 0.255. The number of fused-ring (bicyclic) bond motifs is 10. The first-order valence-electron chi connectivity index (χ1n) is 10.9. The second kappa shape index (κ2) is 1.60. The van der Waals surface area contributed by atoms with Crippen LogP contribution in [-0.2, 0) is 16.1 Å². The second-order valence-corrected chi connectivity index (χ2v) is 36.9. The van der Waals surface area contributed by atoms with Crippen molar-refractivity contribution in [2.45, 2.75) is 61.0 Å². The molecule has 1 spiro atoms. The zero-order valence-corrected chi connectivity index (χ0v) is 17.4. The van der Waals surface area contributed by atoms with Gasteiger partial charge in [-0.3, -0.25) is 0 Å². The third kappa shape index (κ3) is 0.235. The molecule has 10 aliphatic rings. The monoisotopic (exact) mass is 426 g/mol. The molecular formula is C25H22FeO3. The zero-order valence-electron chi connectivity index (χ0n) is 16.3. The molecule has 29 heavy (non-hydrogen) atoms. The van der Waals surface area contributed by atoms with Gasteiger partial charge in [-0.05, 0) is 0 Å². The Kier molecular flexibility index (Phi) is 0.745. The molecule has 1 aromatic rings. The van der Waals surface area contributed by atoms with E-state index in [4.69, 9.17) is 0 Å². The summed E-state index contributed by atoms with van der Waals surface area (Å²) in [4.78, 5) is 45.6. The SMILES string of the molecule is CC(=O)C(C=CC(=O)c1ccccc1)=C[C]12[CH]3[CH]4[CH]5[CH]1[Fe]45321678[CH]2[CH]1[CH]6[C]7(C(C)=O)[CH]28. The Bertz CT molecular complexity index is 1680. The molecule has 8 unspecified atom stereocenters. The predicted octanol–water partition coefficient (Wildman–Crippen LogP) is 5.66. The second-order valence-electron chi connectivity index (χ2n) is 13.6. The van der Waals surface area contributed by atoms with Crippen molar-refractivity contribution in [1.29, 1.82) is 0 Å². The molecule has 11 rings (SSSR count).